The number of carbonyl (C=O) groups excluding carboxylic acids is 1. The van der Waals surface area contributed by atoms with E-state index < -0.39 is 18.2 Å². The highest BCUT2D eigenvalue weighted by molar-refractivity contribution is 5.86. The van der Waals surface area contributed by atoms with Crippen LogP contribution in [0.25, 0.3) is 0 Å². The predicted octanol–water partition coefficient (Wildman–Crippen LogP) is 3.25. The van der Waals surface area contributed by atoms with Crippen molar-refractivity contribution in [2.24, 2.45) is 11.8 Å². The zero-order chi connectivity index (χ0) is 18.7. The average molecular weight is 352 g/mol. The molecule has 0 aromatic heterocycles. The Balaban J connectivity index is 2.48. The number of ketones is 1. The highest BCUT2D eigenvalue weighted by atomic mass is 16.4. The Labute approximate surface area is 150 Å². The van der Waals surface area contributed by atoms with Crippen LogP contribution in [0.4, 0.5) is 0 Å². The molecule has 5 nitrogen and oxygen atoms in total. The van der Waals surface area contributed by atoms with E-state index in [1.807, 2.05) is 12.2 Å². The monoisotopic (exact) mass is 352 g/mol. The summed E-state index contributed by atoms with van der Waals surface area (Å²) < 4.78 is 0. The van der Waals surface area contributed by atoms with Gasteiger partial charge in [0.2, 0.25) is 0 Å². The van der Waals surface area contributed by atoms with Crippen LogP contribution >= 0.6 is 0 Å². The summed E-state index contributed by atoms with van der Waals surface area (Å²) in [7, 11) is 0. The molecule has 3 unspecified atom stereocenters. The van der Waals surface area contributed by atoms with Gasteiger partial charge in [0.15, 0.2) is 0 Å². The van der Waals surface area contributed by atoms with Crippen LogP contribution in [0.2, 0.25) is 0 Å². The summed E-state index contributed by atoms with van der Waals surface area (Å²) in [6.07, 6.45) is 12.1. The van der Waals surface area contributed by atoms with E-state index >= 15 is 0 Å². The molecule has 1 rings (SSSR count). The number of carbonyl (C=O) groups is 2. The van der Waals surface area contributed by atoms with E-state index in [0.717, 1.165) is 19.3 Å². The second-order valence-corrected chi connectivity index (χ2v) is 6.87. The lowest BCUT2D eigenvalue weighted by Crippen LogP contribution is -2.19. The minimum absolute atomic E-state index is 0.0220. The van der Waals surface area contributed by atoms with Crippen molar-refractivity contribution in [3.63, 3.8) is 0 Å². The molecule has 1 aliphatic rings. The molecule has 142 valence electrons. The third kappa shape index (κ3) is 8.45. The van der Waals surface area contributed by atoms with E-state index in [1.165, 1.54) is 0 Å². The van der Waals surface area contributed by atoms with Gasteiger partial charge >= 0.3 is 5.97 Å². The van der Waals surface area contributed by atoms with E-state index in [0.29, 0.717) is 25.7 Å². The first-order valence-corrected chi connectivity index (χ1v) is 9.39. The lowest BCUT2D eigenvalue weighted by Gasteiger charge is -2.17. The molecular weight excluding hydrogens is 320 g/mol. The Morgan fingerprint density at radius 2 is 2.04 bits per heavy atom. The number of unbranched alkanes of at least 4 members (excludes halogenated alkanes) is 3. The molecule has 0 aromatic rings. The number of aliphatic hydroxyl groups is 2. The number of Topliss-reactive ketones (excluding diaryl/α,β-unsaturated/α-hetero) is 1. The maximum Gasteiger partial charge on any atom is 0.303 e. The molecule has 0 radical (unpaired) electrons. The fraction of sp³-hybridized carbons (Fsp3) is 0.700. The van der Waals surface area contributed by atoms with E-state index in [9.17, 15) is 19.8 Å². The molecule has 0 bridgehead atoms. The molecule has 0 saturated heterocycles. The van der Waals surface area contributed by atoms with Crippen LogP contribution in [0.3, 0.4) is 0 Å². The highest BCUT2D eigenvalue weighted by Gasteiger charge is 2.39. The topological polar surface area (TPSA) is 94.8 Å². The molecule has 1 aliphatic carbocycles. The van der Waals surface area contributed by atoms with Crippen molar-refractivity contribution in [1.29, 1.82) is 0 Å². The van der Waals surface area contributed by atoms with Gasteiger partial charge in [0.05, 0.1) is 12.2 Å². The second kappa shape index (κ2) is 12.0. The molecule has 5 heteroatoms. The molecule has 4 atom stereocenters. The lowest BCUT2D eigenvalue weighted by atomic mass is 9.90. The van der Waals surface area contributed by atoms with Gasteiger partial charge in [-0.3, -0.25) is 9.59 Å². The zero-order valence-electron chi connectivity index (χ0n) is 15.1. The van der Waals surface area contributed by atoms with E-state index in [-0.39, 0.29) is 30.5 Å². The Kier molecular flexibility index (Phi) is 10.3. The van der Waals surface area contributed by atoms with Crippen molar-refractivity contribution < 1.29 is 24.9 Å². The predicted molar refractivity (Wildman–Crippen MR) is 97.1 cm³/mol. The lowest BCUT2D eigenvalue weighted by molar-refractivity contribution is -0.137. The van der Waals surface area contributed by atoms with Crippen molar-refractivity contribution in [3.8, 4) is 0 Å². The highest BCUT2D eigenvalue weighted by Crippen LogP contribution is 2.33. The average Bonchev–Trinajstić information content (AvgIpc) is 2.82. The van der Waals surface area contributed by atoms with Crippen LogP contribution in [-0.4, -0.2) is 39.3 Å². The summed E-state index contributed by atoms with van der Waals surface area (Å²) in [5, 5.41) is 28.7. The van der Waals surface area contributed by atoms with Crippen molar-refractivity contribution in [3.05, 3.63) is 24.3 Å². The van der Waals surface area contributed by atoms with Crippen molar-refractivity contribution in [2.75, 3.05) is 0 Å². The van der Waals surface area contributed by atoms with Gasteiger partial charge in [-0.15, -0.1) is 0 Å². The maximum atomic E-state index is 12.1. The number of carboxylic acid groups (broad SMARTS) is 1. The first-order valence-electron chi connectivity index (χ1n) is 9.39. The number of rotatable bonds is 12. The van der Waals surface area contributed by atoms with Crippen LogP contribution in [0.5, 0.6) is 0 Å². The van der Waals surface area contributed by atoms with Gasteiger partial charge in [0.25, 0.3) is 0 Å². The van der Waals surface area contributed by atoms with Crippen LogP contribution in [-0.2, 0) is 9.59 Å². The SMILES string of the molecule is CCCCCC(O)/C=C/[C@H]1C(=O)CC(O)C1C/C=C/CCCC(=O)O. The molecule has 0 aliphatic heterocycles. The van der Waals surface area contributed by atoms with Crippen LogP contribution in [0.15, 0.2) is 24.3 Å². The number of carboxylic acids is 1. The van der Waals surface area contributed by atoms with E-state index in [1.54, 1.807) is 12.2 Å². The molecular formula is C20H32O5. The third-order valence-electron chi connectivity index (χ3n) is 4.72. The fourth-order valence-electron chi connectivity index (χ4n) is 3.22. The fourth-order valence-corrected chi connectivity index (χ4v) is 3.22. The largest absolute Gasteiger partial charge is 0.481 e. The van der Waals surface area contributed by atoms with Crippen molar-refractivity contribution >= 4 is 11.8 Å². The quantitative estimate of drug-likeness (QED) is 0.370. The van der Waals surface area contributed by atoms with E-state index in [4.69, 9.17) is 5.11 Å². The summed E-state index contributed by atoms with van der Waals surface area (Å²) in [6.45, 7) is 2.11. The van der Waals surface area contributed by atoms with Crippen molar-refractivity contribution in [2.45, 2.75) is 76.9 Å². The van der Waals surface area contributed by atoms with Gasteiger partial charge in [0, 0.05) is 24.7 Å². The van der Waals surface area contributed by atoms with E-state index in [2.05, 4.69) is 6.92 Å². The first-order chi connectivity index (χ1) is 12.0. The van der Waals surface area contributed by atoms with Crippen LogP contribution in [0.1, 0.15) is 64.7 Å². The number of aliphatic hydroxyl groups excluding tert-OH is 2. The van der Waals surface area contributed by atoms with Gasteiger partial charge in [-0.05, 0) is 25.7 Å². The molecule has 0 amide bonds. The summed E-state index contributed by atoms with van der Waals surface area (Å²) >= 11 is 0. The zero-order valence-corrected chi connectivity index (χ0v) is 15.1. The Morgan fingerprint density at radius 3 is 2.72 bits per heavy atom. The van der Waals surface area contributed by atoms with Crippen LogP contribution < -0.4 is 0 Å². The standard InChI is InChI=1S/C20H32O5/c1-2-3-6-9-15(21)12-13-17-16(18(22)14-19(17)23)10-7-4-5-8-11-20(24)25/h4,7,12-13,15-18,21-22H,2-3,5-6,8-11,14H2,1H3,(H,24,25)/b7-4+,13-12+/t15?,16?,17-,18?/m1/s1. The first kappa shape index (κ1) is 21.6. The normalized spacial score (nSPS) is 25.2. The minimum Gasteiger partial charge on any atom is -0.481 e. The van der Waals surface area contributed by atoms with Crippen LogP contribution in [0, 0.1) is 11.8 Å². The number of aliphatic carboxylic acids is 1. The van der Waals surface area contributed by atoms with Gasteiger partial charge in [-0.1, -0.05) is 50.5 Å². The molecule has 0 aromatic carbocycles. The Bertz CT molecular complexity index is 469. The Morgan fingerprint density at radius 1 is 1.28 bits per heavy atom. The maximum absolute atomic E-state index is 12.1. The molecule has 3 N–H and O–H groups in total. The molecule has 25 heavy (non-hydrogen) atoms. The second-order valence-electron chi connectivity index (χ2n) is 6.87. The Hall–Kier alpha value is -1.46. The number of allylic oxidation sites excluding steroid dienone is 3. The van der Waals surface area contributed by atoms with Gasteiger partial charge in [-0.2, -0.15) is 0 Å². The van der Waals surface area contributed by atoms with Gasteiger partial charge in [-0.25, -0.2) is 0 Å². The minimum atomic E-state index is -0.798. The molecule has 0 spiro atoms. The summed E-state index contributed by atoms with van der Waals surface area (Å²) in [5.41, 5.74) is 0. The summed E-state index contributed by atoms with van der Waals surface area (Å²) in [4.78, 5) is 22.5. The van der Waals surface area contributed by atoms with Crippen molar-refractivity contribution in [1.82, 2.24) is 0 Å². The van der Waals surface area contributed by atoms with Gasteiger partial charge < -0.3 is 15.3 Å². The summed E-state index contributed by atoms with van der Waals surface area (Å²) in [5.74, 6) is -1.29. The number of hydrogen-bond acceptors (Lipinski definition) is 4. The smallest absolute Gasteiger partial charge is 0.303 e. The molecule has 0 heterocycles. The molecule has 1 fully saturated rings. The number of hydrogen-bond donors (Lipinski definition) is 3. The summed E-state index contributed by atoms with van der Waals surface area (Å²) in [6, 6.07) is 0. The van der Waals surface area contributed by atoms with Gasteiger partial charge in [0.1, 0.15) is 5.78 Å². The third-order valence-corrected chi connectivity index (χ3v) is 4.72. The molecule has 1 saturated carbocycles.